The van der Waals surface area contributed by atoms with Gasteiger partial charge in [-0.1, -0.05) is 13.8 Å². The van der Waals surface area contributed by atoms with E-state index in [9.17, 15) is 19.5 Å². The van der Waals surface area contributed by atoms with Crippen LogP contribution in [0.4, 0.5) is 0 Å². The third kappa shape index (κ3) is 2.44. The number of rotatable bonds is 3. The van der Waals surface area contributed by atoms with Crippen LogP contribution in [0.3, 0.4) is 0 Å². The zero-order valence-electron chi connectivity index (χ0n) is 12.0. The molecule has 0 fully saturated rings. The molecule has 1 amide bonds. The normalized spacial score (nSPS) is 14.6. The van der Waals surface area contributed by atoms with Crippen LogP contribution in [0.2, 0.25) is 0 Å². The number of amides is 1. The van der Waals surface area contributed by atoms with Crippen LogP contribution in [0.5, 0.6) is 5.75 Å². The summed E-state index contributed by atoms with van der Waals surface area (Å²) in [4.78, 5) is 36.4. The quantitative estimate of drug-likeness (QED) is 0.806. The van der Waals surface area contributed by atoms with E-state index in [1.165, 1.54) is 9.58 Å². The van der Waals surface area contributed by atoms with Crippen molar-refractivity contribution < 1.29 is 19.8 Å². The van der Waals surface area contributed by atoms with Crippen LogP contribution in [-0.2, 0) is 0 Å². The number of fused-ring (bicyclic) bond motifs is 1. The van der Waals surface area contributed by atoms with Gasteiger partial charge in [-0.2, -0.15) is 0 Å². The minimum absolute atomic E-state index is 0.209. The molecular formula is C13H17N3O5. The van der Waals surface area contributed by atoms with Crippen LogP contribution in [0.15, 0.2) is 11.0 Å². The van der Waals surface area contributed by atoms with Crippen molar-refractivity contribution in [2.75, 3.05) is 25.3 Å². The molecule has 1 aromatic rings. The molecule has 0 spiro atoms. The maximum absolute atomic E-state index is 12.1. The molecule has 114 valence electrons. The zero-order chi connectivity index (χ0) is 15.9. The molecule has 1 aliphatic rings. The molecule has 0 unspecified atom stereocenters. The molecule has 2 heterocycles. The van der Waals surface area contributed by atoms with E-state index in [-0.39, 0.29) is 18.3 Å². The summed E-state index contributed by atoms with van der Waals surface area (Å²) in [7, 11) is 1.55. The lowest BCUT2D eigenvalue weighted by Crippen LogP contribution is -2.54. The number of nitrogens with zero attached hydrogens (tertiary/aromatic N) is 3. The topological polar surface area (TPSA) is 103 Å². The van der Waals surface area contributed by atoms with Gasteiger partial charge in [0.15, 0.2) is 11.4 Å². The minimum atomic E-state index is -1.44. The van der Waals surface area contributed by atoms with Gasteiger partial charge < -0.3 is 15.1 Å². The Morgan fingerprint density at radius 1 is 1.38 bits per heavy atom. The lowest BCUT2D eigenvalue weighted by molar-refractivity contribution is 0.0681. The molecule has 8 nitrogen and oxygen atoms in total. The van der Waals surface area contributed by atoms with Gasteiger partial charge in [0.2, 0.25) is 5.43 Å². The molecule has 0 radical (unpaired) electrons. The second-order valence-electron chi connectivity index (χ2n) is 5.45. The maximum Gasteiger partial charge on any atom is 0.341 e. The Bertz CT molecular complexity index is 665. The highest BCUT2D eigenvalue weighted by molar-refractivity contribution is 5.97. The average molecular weight is 295 g/mol. The summed E-state index contributed by atoms with van der Waals surface area (Å²) < 4.78 is 1.27. The Labute approximate surface area is 120 Å². The summed E-state index contributed by atoms with van der Waals surface area (Å²) in [6, 6.07) is 0. The molecule has 0 aliphatic carbocycles. The van der Waals surface area contributed by atoms with Crippen molar-refractivity contribution in [3.8, 4) is 5.75 Å². The van der Waals surface area contributed by atoms with E-state index < -0.39 is 28.6 Å². The first kappa shape index (κ1) is 14.9. The molecule has 0 atom stereocenters. The van der Waals surface area contributed by atoms with Crippen molar-refractivity contribution in [2.45, 2.75) is 13.8 Å². The second-order valence-corrected chi connectivity index (χ2v) is 5.45. The second kappa shape index (κ2) is 5.12. The summed E-state index contributed by atoms with van der Waals surface area (Å²) in [5.41, 5.74) is -1.83. The van der Waals surface area contributed by atoms with Gasteiger partial charge in [-0.25, -0.2) is 4.79 Å². The molecule has 0 bridgehead atoms. The summed E-state index contributed by atoms with van der Waals surface area (Å²) >= 11 is 0. The fourth-order valence-corrected chi connectivity index (χ4v) is 2.29. The first-order valence-electron chi connectivity index (χ1n) is 6.46. The zero-order valence-corrected chi connectivity index (χ0v) is 12.0. The SMILES string of the molecule is CC(C)CN1CN(C)C(=O)c2c(O)c(=O)c(C(=O)O)cn21. The number of aromatic carboxylic acids is 1. The molecule has 0 saturated carbocycles. The van der Waals surface area contributed by atoms with E-state index in [2.05, 4.69) is 0 Å². The van der Waals surface area contributed by atoms with Crippen molar-refractivity contribution in [2.24, 2.45) is 5.92 Å². The number of hydrogen-bond acceptors (Lipinski definition) is 5. The summed E-state index contributed by atoms with van der Waals surface area (Å²) in [5.74, 6) is -2.56. The van der Waals surface area contributed by atoms with Gasteiger partial charge in [-0.05, 0) is 5.92 Å². The largest absolute Gasteiger partial charge is 0.502 e. The number of pyridine rings is 1. The van der Waals surface area contributed by atoms with Crippen LogP contribution in [-0.4, -0.2) is 51.9 Å². The Kier molecular flexibility index (Phi) is 3.63. The minimum Gasteiger partial charge on any atom is -0.502 e. The monoisotopic (exact) mass is 295 g/mol. The fraction of sp³-hybridized carbons (Fsp3) is 0.462. The highest BCUT2D eigenvalue weighted by Gasteiger charge is 2.32. The Morgan fingerprint density at radius 2 is 2.00 bits per heavy atom. The van der Waals surface area contributed by atoms with E-state index in [1.54, 1.807) is 12.1 Å². The van der Waals surface area contributed by atoms with Crippen molar-refractivity contribution in [1.29, 1.82) is 0 Å². The van der Waals surface area contributed by atoms with E-state index in [1.807, 2.05) is 13.8 Å². The lowest BCUT2D eigenvalue weighted by Gasteiger charge is -2.39. The van der Waals surface area contributed by atoms with Gasteiger partial charge in [0.25, 0.3) is 5.91 Å². The maximum atomic E-state index is 12.1. The molecule has 0 saturated heterocycles. The van der Waals surface area contributed by atoms with Gasteiger partial charge in [-0.3, -0.25) is 19.3 Å². The first-order valence-corrected chi connectivity index (χ1v) is 6.46. The molecule has 1 aromatic heterocycles. The van der Waals surface area contributed by atoms with Crippen molar-refractivity contribution in [3.05, 3.63) is 27.7 Å². The highest BCUT2D eigenvalue weighted by atomic mass is 16.4. The van der Waals surface area contributed by atoms with Gasteiger partial charge in [-0.15, -0.1) is 0 Å². The third-order valence-corrected chi connectivity index (χ3v) is 3.20. The van der Waals surface area contributed by atoms with Crippen molar-refractivity contribution >= 4 is 11.9 Å². The van der Waals surface area contributed by atoms with E-state index >= 15 is 0 Å². The predicted octanol–water partition coefficient (Wildman–Crippen LogP) is -0.111. The number of carbonyl (C=O) groups is 2. The Morgan fingerprint density at radius 3 is 2.52 bits per heavy atom. The van der Waals surface area contributed by atoms with E-state index in [0.29, 0.717) is 6.54 Å². The number of carboxylic acids is 1. The van der Waals surface area contributed by atoms with Crippen LogP contribution < -0.4 is 10.4 Å². The lowest BCUT2D eigenvalue weighted by atomic mass is 10.2. The molecule has 8 heteroatoms. The van der Waals surface area contributed by atoms with Crippen molar-refractivity contribution in [1.82, 2.24) is 9.58 Å². The van der Waals surface area contributed by atoms with Gasteiger partial charge in [0.1, 0.15) is 12.2 Å². The van der Waals surface area contributed by atoms with Crippen LogP contribution in [0.25, 0.3) is 0 Å². The van der Waals surface area contributed by atoms with Gasteiger partial charge >= 0.3 is 5.97 Å². The summed E-state index contributed by atoms with van der Waals surface area (Å²) in [6.45, 7) is 4.71. The van der Waals surface area contributed by atoms with Gasteiger partial charge in [0, 0.05) is 19.8 Å². The Balaban J connectivity index is 2.70. The third-order valence-electron chi connectivity index (χ3n) is 3.20. The predicted molar refractivity (Wildman–Crippen MR) is 74.2 cm³/mol. The summed E-state index contributed by atoms with van der Waals surface area (Å²) in [6.07, 6.45) is 1.09. The smallest absolute Gasteiger partial charge is 0.341 e. The number of aromatic hydroxyl groups is 1. The molecule has 2 N–H and O–H groups in total. The van der Waals surface area contributed by atoms with E-state index in [0.717, 1.165) is 6.20 Å². The molecule has 0 aromatic carbocycles. The molecule has 2 rings (SSSR count). The van der Waals surface area contributed by atoms with Gasteiger partial charge in [0.05, 0.1) is 0 Å². The average Bonchev–Trinajstić information content (AvgIpc) is 2.37. The first-order chi connectivity index (χ1) is 9.73. The Hall–Kier alpha value is -2.51. The molecular weight excluding hydrogens is 278 g/mol. The van der Waals surface area contributed by atoms with E-state index in [4.69, 9.17) is 5.11 Å². The standard InChI is InChI=1S/C13H17N3O5/c1-7(2)4-15-6-14(3)12(19)9-11(18)10(17)8(13(20)21)5-16(9)15/h5,7,18H,4,6H2,1-3H3,(H,20,21). The van der Waals surface area contributed by atoms with Crippen molar-refractivity contribution in [3.63, 3.8) is 0 Å². The molecule has 1 aliphatic heterocycles. The van der Waals surface area contributed by atoms with Crippen LogP contribution in [0.1, 0.15) is 34.7 Å². The number of carboxylic acid groups (broad SMARTS) is 1. The number of hydrogen-bond donors (Lipinski definition) is 2. The van der Waals surface area contributed by atoms with Crippen LogP contribution in [0, 0.1) is 5.92 Å². The number of carbonyl (C=O) groups excluding carboxylic acids is 1. The summed E-state index contributed by atoms with van der Waals surface area (Å²) in [5, 5.41) is 20.7. The van der Waals surface area contributed by atoms with Crippen LogP contribution >= 0.6 is 0 Å². The molecule has 21 heavy (non-hydrogen) atoms. The number of aromatic nitrogens is 1. The highest BCUT2D eigenvalue weighted by Crippen LogP contribution is 2.20. The fourth-order valence-electron chi connectivity index (χ4n) is 2.29.